The van der Waals surface area contributed by atoms with Crippen molar-refractivity contribution < 1.29 is 9.67 Å². The number of benzene rings is 1. The zero-order valence-electron chi connectivity index (χ0n) is 16.9. The molecule has 6 nitrogen and oxygen atoms in total. The zero-order valence-corrected chi connectivity index (χ0v) is 18.5. The van der Waals surface area contributed by atoms with E-state index in [0.29, 0.717) is 5.57 Å². The Hall–Kier alpha value is -3.22. The lowest BCUT2D eigenvalue weighted by Crippen LogP contribution is -2.66. The average molecular weight is 475 g/mol. The molecule has 2 aromatic rings. The van der Waals surface area contributed by atoms with Gasteiger partial charge in [-0.05, 0) is 36.4 Å². The molecule has 1 aliphatic carbocycles. The van der Waals surface area contributed by atoms with Crippen molar-refractivity contribution in [3.63, 3.8) is 0 Å². The summed E-state index contributed by atoms with van der Waals surface area (Å²) in [5, 5.41) is 42.5. The van der Waals surface area contributed by atoms with E-state index in [1.807, 2.05) is 66.2 Å². The van der Waals surface area contributed by atoms with Crippen molar-refractivity contribution in [2.75, 3.05) is 0 Å². The fourth-order valence-electron chi connectivity index (χ4n) is 4.49. The number of nitrogens with one attached hydrogen (secondary N) is 2. The molecule has 154 valence electrons. The Morgan fingerprint density at radius 1 is 1.23 bits per heavy atom. The van der Waals surface area contributed by atoms with E-state index < -0.39 is 17.7 Å². The molecule has 1 saturated carbocycles. The molecular weight excluding hydrogens is 454 g/mol. The number of hydrogen-bond acceptors (Lipinski definition) is 5. The predicted molar refractivity (Wildman–Crippen MR) is 118 cm³/mol. The van der Waals surface area contributed by atoms with E-state index in [1.54, 1.807) is 0 Å². The highest BCUT2D eigenvalue weighted by molar-refractivity contribution is 9.10. The second-order valence-electron chi connectivity index (χ2n) is 7.96. The fraction of sp³-hybridized carbons (Fsp3) is 0.292. The van der Waals surface area contributed by atoms with Crippen molar-refractivity contribution in [3.05, 3.63) is 81.2 Å². The normalized spacial score (nSPS) is 25.1. The van der Waals surface area contributed by atoms with E-state index in [2.05, 4.69) is 33.2 Å². The van der Waals surface area contributed by atoms with Gasteiger partial charge in [-0.15, -0.1) is 0 Å². The van der Waals surface area contributed by atoms with Gasteiger partial charge in [-0.2, -0.15) is 15.1 Å². The topological polar surface area (TPSA) is 108 Å². The summed E-state index contributed by atoms with van der Waals surface area (Å²) in [7, 11) is 0. The van der Waals surface area contributed by atoms with Gasteiger partial charge < -0.3 is 10.4 Å². The van der Waals surface area contributed by atoms with E-state index in [4.69, 9.17) is 5.41 Å². The largest absolute Gasteiger partial charge is 0.365 e. The Bertz CT molecular complexity index is 1200. The van der Waals surface area contributed by atoms with E-state index in [9.17, 15) is 15.6 Å². The third kappa shape index (κ3) is 3.58. The standard InChI is InChI=1S/C24H21BrN5O/c1-15-4-2-3-11-30(15)23-21(16-5-9-19(25)10-6-16)20(14-28)22(17(12-26)13-27)29-24(23,31)18-7-8-18/h2-6,9-11,18,21,23,26,29,31H,7-8H2,1H3/q+1/t21-,23+,24+/m0/s1. The zero-order chi connectivity index (χ0) is 22.2. The SMILES string of the molecule is Cc1cccc[n+]1[C@@H]1[C@@H](c2ccc(Br)cc2)C(C#N)=C(C(=C=N)C#N)N[C@@]1(O)C1CC1. The Balaban J connectivity index is 2.06. The molecule has 0 unspecified atom stereocenters. The molecule has 0 bridgehead atoms. The van der Waals surface area contributed by atoms with Gasteiger partial charge in [-0.3, -0.25) is 5.41 Å². The molecule has 0 radical (unpaired) electrons. The van der Waals surface area contributed by atoms with E-state index in [1.165, 1.54) is 0 Å². The summed E-state index contributed by atoms with van der Waals surface area (Å²) in [6.45, 7) is 1.97. The monoisotopic (exact) mass is 474 g/mol. The maximum absolute atomic E-state index is 12.1. The molecule has 0 spiro atoms. The molecule has 3 N–H and O–H groups in total. The van der Waals surface area contributed by atoms with Gasteiger partial charge in [-0.25, -0.2) is 0 Å². The van der Waals surface area contributed by atoms with Gasteiger partial charge in [-0.1, -0.05) is 34.1 Å². The van der Waals surface area contributed by atoms with Crippen LogP contribution in [0.1, 0.15) is 36.1 Å². The Morgan fingerprint density at radius 3 is 2.48 bits per heavy atom. The van der Waals surface area contributed by atoms with Gasteiger partial charge >= 0.3 is 0 Å². The van der Waals surface area contributed by atoms with Crippen molar-refractivity contribution in [2.24, 2.45) is 5.92 Å². The van der Waals surface area contributed by atoms with Crippen molar-refractivity contribution in [1.82, 2.24) is 5.32 Å². The number of hydrogen-bond donors (Lipinski definition) is 3. The molecule has 0 saturated heterocycles. The first-order valence-corrected chi connectivity index (χ1v) is 10.8. The molecule has 1 aromatic heterocycles. The molecule has 1 aliphatic heterocycles. The van der Waals surface area contributed by atoms with Crippen molar-refractivity contribution >= 4 is 21.8 Å². The number of aliphatic hydroxyl groups is 1. The number of nitrogens with zero attached hydrogens (tertiary/aromatic N) is 3. The lowest BCUT2D eigenvalue weighted by molar-refractivity contribution is -0.747. The highest BCUT2D eigenvalue weighted by Crippen LogP contribution is 2.52. The first-order chi connectivity index (χ1) is 14.9. The quantitative estimate of drug-likeness (QED) is 0.357. The van der Waals surface area contributed by atoms with Gasteiger partial charge in [0.2, 0.25) is 11.8 Å². The van der Waals surface area contributed by atoms with E-state index in [0.717, 1.165) is 28.6 Å². The minimum absolute atomic E-state index is 0.0385. The van der Waals surface area contributed by atoms with Crippen LogP contribution in [0.4, 0.5) is 0 Å². The van der Waals surface area contributed by atoms with Gasteiger partial charge in [0.05, 0.1) is 23.3 Å². The number of halogens is 1. The van der Waals surface area contributed by atoms with Gasteiger partial charge in [0.25, 0.3) is 0 Å². The number of allylic oxidation sites excluding steroid dienone is 2. The van der Waals surface area contributed by atoms with Crippen LogP contribution >= 0.6 is 15.9 Å². The summed E-state index contributed by atoms with van der Waals surface area (Å²) < 4.78 is 2.91. The number of rotatable bonds is 4. The van der Waals surface area contributed by atoms with Crippen LogP contribution in [-0.4, -0.2) is 16.7 Å². The van der Waals surface area contributed by atoms with Crippen LogP contribution < -0.4 is 9.88 Å². The summed E-state index contributed by atoms with van der Waals surface area (Å²) >= 11 is 3.46. The first kappa shape index (κ1) is 21.0. The molecule has 7 heteroatoms. The number of aromatic nitrogens is 1. The molecule has 0 amide bonds. The minimum Gasteiger partial charge on any atom is -0.365 e. The van der Waals surface area contributed by atoms with Crippen LogP contribution in [0, 0.1) is 40.9 Å². The summed E-state index contributed by atoms with van der Waals surface area (Å²) in [6.07, 6.45) is 3.59. The minimum atomic E-state index is -1.40. The Labute approximate surface area is 189 Å². The highest BCUT2D eigenvalue weighted by atomic mass is 79.9. The molecular formula is C24H21BrN5O+. The molecule has 1 fully saturated rings. The first-order valence-electron chi connectivity index (χ1n) is 10.0. The van der Waals surface area contributed by atoms with Gasteiger partial charge in [0.15, 0.2) is 11.9 Å². The van der Waals surface area contributed by atoms with Crippen LogP contribution in [0.15, 0.2) is 70.0 Å². The summed E-state index contributed by atoms with van der Waals surface area (Å²) in [5.41, 5.74) is 0.798. The third-order valence-corrected chi connectivity index (χ3v) is 6.64. The predicted octanol–water partition coefficient (Wildman–Crippen LogP) is 3.55. The van der Waals surface area contributed by atoms with Gasteiger partial charge in [0, 0.05) is 29.4 Å². The average Bonchev–Trinajstić information content (AvgIpc) is 3.62. The molecule has 4 rings (SSSR count). The third-order valence-electron chi connectivity index (χ3n) is 6.11. The van der Waals surface area contributed by atoms with Crippen molar-refractivity contribution in [3.8, 4) is 12.1 Å². The summed E-state index contributed by atoms with van der Waals surface area (Å²) in [5.74, 6) is 1.57. The molecule has 2 heterocycles. The van der Waals surface area contributed by atoms with Gasteiger partial charge in [0.1, 0.15) is 11.6 Å². The van der Waals surface area contributed by atoms with Crippen molar-refractivity contribution in [1.29, 1.82) is 15.9 Å². The Kier molecular flexibility index (Phi) is 5.52. The lowest BCUT2D eigenvalue weighted by atomic mass is 9.73. The molecule has 1 aromatic carbocycles. The number of aryl methyl sites for hydroxylation is 1. The molecule has 3 atom stereocenters. The number of nitriles is 2. The van der Waals surface area contributed by atoms with E-state index in [-0.39, 0.29) is 17.2 Å². The van der Waals surface area contributed by atoms with E-state index >= 15 is 0 Å². The molecule has 2 aliphatic rings. The highest BCUT2D eigenvalue weighted by Gasteiger charge is 2.61. The molecule has 31 heavy (non-hydrogen) atoms. The maximum Gasteiger partial charge on any atom is 0.217 e. The second-order valence-corrected chi connectivity index (χ2v) is 8.88. The lowest BCUT2D eigenvalue weighted by Gasteiger charge is -2.43. The smallest absolute Gasteiger partial charge is 0.217 e. The van der Waals surface area contributed by atoms with Crippen LogP contribution in [0.3, 0.4) is 0 Å². The van der Waals surface area contributed by atoms with Crippen LogP contribution in [0.25, 0.3) is 0 Å². The fourth-order valence-corrected chi connectivity index (χ4v) is 4.75. The van der Waals surface area contributed by atoms with Crippen LogP contribution in [-0.2, 0) is 0 Å². The van der Waals surface area contributed by atoms with Crippen molar-refractivity contribution in [2.45, 2.75) is 37.5 Å². The number of pyridine rings is 1. The second kappa shape index (κ2) is 8.13. The maximum atomic E-state index is 12.1. The Morgan fingerprint density at radius 2 is 1.94 bits per heavy atom. The van der Waals surface area contributed by atoms with Crippen LogP contribution in [0.5, 0.6) is 0 Å². The summed E-state index contributed by atoms with van der Waals surface area (Å²) in [4.78, 5) is 0. The van der Waals surface area contributed by atoms with Crippen LogP contribution in [0.2, 0.25) is 0 Å². The summed E-state index contributed by atoms with van der Waals surface area (Å²) in [6, 6.07) is 17.2.